The Morgan fingerprint density at radius 1 is 1.18 bits per heavy atom. The van der Waals surface area contributed by atoms with E-state index in [1.165, 1.54) is 9.13 Å². The Morgan fingerprint density at radius 3 is 2.65 bits per heavy atom. The Kier molecular flexibility index (Phi) is 3.15. The summed E-state index contributed by atoms with van der Waals surface area (Å²) in [6.45, 7) is 0.343. The van der Waals surface area contributed by atoms with Crippen LogP contribution in [0.3, 0.4) is 0 Å². The number of rotatable bonds is 2. The predicted octanol–water partition coefficient (Wildman–Crippen LogP) is 1.25. The molecule has 2 rings (SSSR count). The molecule has 0 amide bonds. The van der Waals surface area contributed by atoms with Gasteiger partial charge in [-0.25, -0.2) is 0 Å². The predicted molar refractivity (Wildman–Crippen MR) is 66.5 cm³/mol. The van der Waals surface area contributed by atoms with E-state index in [2.05, 4.69) is 0 Å². The van der Waals surface area contributed by atoms with Gasteiger partial charge < -0.3 is 9.13 Å². The molecular formula is C12H11ClN2O2. The zero-order valence-electron chi connectivity index (χ0n) is 9.26. The van der Waals surface area contributed by atoms with Crippen LogP contribution in [0.1, 0.15) is 5.56 Å². The molecule has 0 atom stereocenters. The molecule has 0 aliphatic carbocycles. The molecule has 0 saturated heterocycles. The van der Waals surface area contributed by atoms with Crippen LogP contribution in [0.5, 0.6) is 0 Å². The van der Waals surface area contributed by atoms with E-state index in [0.717, 1.165) is 5.56 Å². The Balaban J connectivity index is 2.41. The summed E-state index contributed by atoms with van der Waals surface area (Å²) in [5.74, 6) is 0. The average Bonchev–Trinajstić information content (AvgIpc) is 2.30. The fourth-order valence-electron chi connectivity index (χ4n) is 1.55. The molecule has 2 aromatic rings. The highest BCUT2D eigenvalue weighted by Gasteiger charge is 2.03. The molecule has 1 aromatic heterocycles. The van der Waals surface area contributed by atoms with Gasteiger partial charge in [0, 0.05) is 24.5 Å². The lowest BCUT2D eigenvalue weighted by Crippen LogP contribution is -2.39. The monoisotopic (exact) mass is 250 g/mol. The quantitative estimate of drug-likeness (QED) is 0.753. The summed E-state index contributed by atoms with van der Waals surface area (Å²) in [4.78, 5) is 23.1. The molecule has 5 heteroatoms. The van der Waals surface area contributed by atoms with Gasteiger partial charge in [-0.2, -0.15) is 0 Å². The van der Waals surface area contributed by atoms with Crippen molar-refractivity contribution in [3.8, 4) is 0 Å². The third-order valence-electron chi connectivity index (χ3n) is 2.48. The van der Waals surface area contributed by atoms with Gasteiger partial charge in [-0.15, -0.1) is 0 Å². The summed E-state index contributed by atoms with van der Waals surface area (Å²) in [6, 6.07) is 7.20. The number of halogens is 1. The lowest BCUT2D eigenvalue weighted by atomic mass is 10.2. The van der Waals surface area contributed by atoms with Crippen molar-refractivity contribution >= 4 is 11.6 Å². The largest absolute Gasteiger partial charge is 0.316 e. The molecule has 1 heterocycles. The van der Waals surface area contributed by atoms with Crippen LogP contribution in [0.15, 0.2) is 46.2 Å². The van der Waals surface area contributed by atoms with E-state index in [1.54, 1.807) is 31.6 Å². The molecule has 0 unspecified atom stereocenters. The minimum absolute atomic E-state index is 0.343. The number of hydrogen-bond donors (Lipinski definition) is 0. The molecule has 0 radical (unpaired) electrons. The molecule has 17 heavy (non-hydrogen) atoms. The minimum atomic E-state index is -0.533. The maximum atomic E-state index is 11.7. The molecule has 4 nitrogen and oxygen atoms in total. The Morgan fingerprint density at radius 2 is 1.94 bits per heavy atom. The van der Waals surface area contributed by atoms with Gasteiger partial charge in [0.2, 0.25) is 0 Å². The Hall–Kier alpha value is -1.81. The van der Waals surface area contributed by atoms with Gasteiger partial charge in [0.1, 0.15) is 0 Å². The maximum Gasteiger partial charge on any atom is 0.316 e. The minimum Gasteiger partial charge on any atom is -0.312 e. The number of nitrogens with zero attached hydrogens (tertiary/aromatic N) is 2. The van der Waals surface area contributed by atoms with Crippen LogP contribution in [-0.4, -0.2) is 9.13 Å². The normalized spacial score (nSPS) is 10.5. The van der Waals surface area contributed by atoms with E-state index in [-0.39, 0.29) is 0 Å². The molecule has 1 aromatic carbocycles. The van der Waals surface area contributed by atoms with Crippen LogP contribution >= 0.6 is 11.6 Å². The fourth-order valence-corrected chi connectivity index (χ4v) is 1.76. The lowest BCUT2D eigenvalue weighted by Gasteiger charge is -2.06. The van der Waals surface area contributed by atoms with Crippen molar-refractivity contribution in [3.63, 3.8) is 0 Å². The summed E-state index contributed by atoms with van der Waals surface area (Å²) in [7, 11) is 1.55. The zero-order chi connectivity index (χ0) is 12.4. The van der Waals surface area contributed by atoms with E-state index >= 15 is 0 Å². The van der Waals surface area contributed by atoms with Crippen molar-refractivity contribution in [2.24, 2.45) is 7.05 Å². The van der Waals surface area contributed by atoms with Gasteiger partial charge in [0.05, 0.1) is 6.54 Å². The molecule has 0 aliphatic heterocycles. The third kappa shape index (κ3) is 2.47. The number of aryl methyl sites for hydroxylation is 1. The van der Waals surface area contributed by atoms with E-state index < -0.39 is 11.1 Å². The second kappa shape index (κ2) is 4.59. The van der Waals surface area contributed by atoms with Gasteiger partial charge in [-0.05, 0) is 17.7 Å². The first-order valence-corrected chi connectivity index (χ1v) is 5.46. The first-order valence-electron chi connectivity index (χ1n) is 5.08. The van der Waals surface area contributed by atoms with Crippen molar-refractivity contribution in [2.45, 2.75) is 6.54 Å². The van der Waals surface area contributed by atoms with Crippen LogP contribution in [-0.2, 0) is 13.6 Å². The van der Waals surface area contributed by atoms with E-state index in [9.17, 15) is 9.59 Å². The van der Waals surface area contributed by atoms with Crippen LogP contribution < -0.4 is 11.1 Å². The molecule has 0 N–H and O–H groups in total. The molecule has 0 bridgehead atoms. The van der Waals surface area contributed by atoms with Gasteiger partial charge in [-0.1, -0.05) is 23.7 Å². The smallest absolute Gasteiger partial charge is 0.312 e. The summed E-state index contributed by atoms with van der Waals surface area (Å²) >= 11 is 5.85. The standard InChI is InChI=1S/C12H11ClN2O2/c1-14-5-6-15(12(17)11(14)16)8-9-3-2-4-10(13)7-9/h2-7H,8H2,1H3. The van der Waals surface area contributed by atoms with Gasteiger partial charge in [0.25, 0.3) is 0 Å². The van der Waals surface area contributed by atoms with E-state index in [0.29, 0.717) is 11.6 Å². The second-order valence-corrected chi connectivity index (χ2v) is 4.21. The number of benzene rings is 1. The highest BCUT2D eigenvalue weighted by Crippen LogP contribution is 2.10. The molecular weight excluding hydrogens is 240 g/mol. The highest BCUT2D eigenvalue weighted by atomic mass is 35.5. The third-order valence-corrected chi connectivity index (χ3v) is 2.71. The average molecular weight is 251 g/mol. The second-order valence-electron chi connectivity index (χ2n) is 3.78. The van der Waals surface area contributed by atoms with Crippen LogP contribution in [0.25, 0.3) is 0 Å². The summed E-state index contributed by atoms with van der Waals surface area (Å²) in [6.07, 6.45) is 3.15. The SMILES string of the molecule is Cn1ccn(Cc2cccc(Cl)c2)c(=O)c1=O. The van der Waals surface area contributed by atoms with Crippen molar-refractivity contribution in [2.75, 3.05) is 0 Å². The highest BCUT2D eigenvalue weighted by molar-refractivity contribution is 6.30. The Labute approximate surface area is 103 Å². The summed E-state index contributed by atoms with van der Waals surface area (Å²) in [5.41, 5.74) is -0.183. The van der Waals surface area contributed by atoms with Gasteiger partial charge >= 0.3 is 11.1 Å². The van der Waals surface area contributed by atoms with E-state index in [4.69, 9.17) is 11.6 Å². The van der Waals surface area contributed by atoms with Crippen molar-refractivity contribution in [1.29, 1.82) is 0 Å². The maximum absolute atomic E-state index is 11.7. The summed E-state index contributed by atoms with van der Waals surface area (Å²) in [5, 5.41) is 0.611. The lowest BCUT2D eigenvalue weighted by molar-refractivity contribution is 0.695. The molecule has 0 spiro atoms. The first-order chi connectivity index (χ1) is 8.08. The fraction of sp³-hybridized carbons (Fsp3) is 0.167. The van der Waals surface area contributed by atoms with Crippen LogP contribution in [0.4, 0.5) is 0 Å². The summed E-state index contributed by atoms with van der Waals surface area (Å²) < 4.78 is 2.63. The number of hydrogen-bond acceptors (Lipinski definition) is 2. The van der Waals surface area contributed by atoms with E-state index in [1.807, 2.05) is 12.1 Å². The first kappa shape index (κ1) is 11.7. The Bertz CT molecular complexity index is 658. The van der Waals surface area contributed by atoms with Crippen LogP contribution in [0.2, 0.25) is 5.02 Å². The van der Waals surface area contributed by atoms with Crippen molar-refractivity contribution in [3.05, 3.63) is 68.0 Å². The van der Waals surface area contributed by atoms with Crippen molar-refractivity contribution in [1.82, 2.24) is 9.13 Å². The molecule has 0 aliphatic rings. The van der Waals surface area contributed by atoms with Crippen LogP contribution in [0, 0.1) is 0 Å². The molecule has 88 valence electrons. The van der Waals surface area contributed by atoms with Gasteiger partial charge in [0.15, 0.2) is 0 Å². The topological polar surface area (TPSA) is 44.0 Å². The molecule has 0 saturated carbocycles. The van der Waals surface area contributed by atoms with Gasteiger partial charge in [-0.3, -0.25) is 9.59 Å². The van der Waals surface area contributed by atoms with Crippen molar-refractivity contribution < 1.29 is 0 Å². The number of aromatic nitrogens is 2. The molecule has 0 fully saturated rings. The zero-order valence-corrected chi connectivity index (χ0v) is 10.0.